The van der Waals surface area contributed by atoms with Gasteiger partial charge in [-0.25, -0.2) is 5.48 Å². The van der Waals surface area contributed by atoms with Gasteiger partial charge in [0.05, 0.1) is 12.0 Å². The molecule has 0 saturated heterocycles. The van der Waals surface area contributed by atoms with E-state index in [9.17, 15) is 25.2 Å². The fourth-order valence-corrected chi connectivity index (χ4v) is 2.91. The Bertz CT molecular complexity index is 922. The highest BCUT2D eigenvalue weighted by molar-refractivity contribution is 5.79. The van der Waals surface area contributed by atoms with Crippen molar-refractivity contribution in [3.05, 3.63) is 53.1 Å². The lowest BCUT2D eigenvalue weighted by Gasteiger charge is -2.32. The molecule has 0 radical (unpaired) electrons. The summed E-state index contributed by atoms with van der Waals surface area (Å²) in [6.07, 6.45) is 0.631. The van der Waals surface area contributed by atoms with Gasteiger partial charge in [0.2, 0.25) is 5.91 Å². The summed E-state index contributed by atoms with van der Waals surface area (Å²) in [4.78, 5) is 11.7. The number of aromatic hydroxyl groups is 3. The fourth-order valence-electron chi connectivity index (χ4n) is 2.91. The second-order valence-corrected chi connectivity index (χ2v) is 6.09. The highest BCUT2D eigenvalue weighted by Crippen LogP contribution is 2.48. The molecule has 1 amide bonds. The number of rotatable bonds is 3. The molecule has 0 saturated carbocycles. The van der Waals surface area contributed by atoms with Crippen LogP contribution >= 0.6 is 0 Å². The van der Waals surface area contributed by atoms with E-state index in [4.69, 9.17) is 9.94 Å². The highest BCUT2D eigenvalue weighted by Gasteiger charge is 2.40. The number of phenols is 3. The Hall–Kier alpha value is -3.23. The first-order valence-electron chi connectivity index (χ1n) is 7.66. The molecule has 0 aromatic heterocycles. The van der Waals surface area contributed by atoms with Gasteiger partial charge in [-0.3, -0.25) is 10.0 Å². The van der Waals surface area contributed by atoms with Gasteiger partial charge in [-0.2, -0.15) is 0 Å². The van der Waals surface area contributed by atoms with E-state index in [1.54, 1.807) is 19.1 Å². The van der Waals surface area contributed by atoms with Crippen LogP contribution in [-0.4, -0.2) is 31.5 Å². The molecule has 0 aliphatic carbocycles. The number of hydroxylamine groups is 1. The maximum absolute atomic E-state index is 11.7. The molecule has 1 aliphatic rings. The molecular formula is C18H17NO7. The second kappa shape index (κ2) is 6.25. The SMILES string of the molecule is Cc1cc(C2=CC(O)(CC(=O)NO)c3c(O)cc(O)cc3O2)ccc1O. The van der Waals surface area contributed by atoms with Crippen molar-refractivity contribution in [2.45, 2.75) is 18.9 Å². The molecule has 0 spiro atoms. The smallest absolute Gasteiger partial charge is 0.246 e. The average Bonchev–Trinajstić information content (AvgIpc) is 2.55. The summed E-state index contributed by atoms with van der Waals surface area (Å²) in [5.41, 5.74) is 0.384. The van der Waals surface area contributed by atoms with E-state index < -0.39 is 23.7 Å². The Balaban J connectivity index is 2.17. The van der Waals surface area contributed by atoms with Gasteiger partial charge >= 0.3 is 0 Å². The summed E-state index contributed by atoms with van der Waals surface area (Å²) in [7, 11) is 0. The Morgan fingerprint density at radius 2 is 1.88 bits per heavy atom. The Kier molecular flexibility index (Phi) is 4.23. The number of carbonyl (C=O) groups is 1. The molecule has 1 atom stereocenters. The van der Waals surface area contributed by atoms with Crippen molar-refractivity contribution in [2.24, 2.45) is 0 Å². The van der Waals surface area contributed by atoms with Gasteiger partial charge in [-0.05, 0) is 36.8 Å². The highest BCUT2D eigenvalue weighted by atomic mass is 16.5. The van der Waals surface area contributed by atoms with Gasteiger partial charge in [0.15, 0.2) is 0 Å². The Labute approximate surface area is 148 Å². The van der Waals surface area contributed by atoms with Crippen molar-refractivity contribution in [1.29, 1.82) is 0 Å². The lowest BCUT2D eigenvalue weighted by Crippen LogP contribution is -2.34. The zero-order chi connectivity index (χ0) is 19.1. The largest absolute Gasteiger partial charge is 0.508 e. The molecule has 2 aromatic rings. The van der Waals surface area contributed by atoms with Crippen LogP contribution in [-0.2, 0) is 10.4 Å². The minimum atomic E-state index is -2.00. The Morgan fingerprint density at radius 1 is 1.15 bits per heavy atom. The van der Waals surface area contributed by atoms with Gasteiger partial charge in [0.1, 0.15) is 34.4 Å². The van der Waals surface area contributed by atoms with E-state index in [1.807, 2.05) is 0 Å². The van der Waals surface area contributed by atoms with Crippen LogP contribution in [0.15, 0.2) is 36.4 Å². The van der Waals surface area contributed by atoms with Crippen LogP contribution in [0.3, 0.4) is 0 Å². The maximum Gasteiger partial charge on any atom is 0.246 e. The number of fused-ring (bicyclic) bond motifs is 1. The van der Waals surface area contributed by atoms with E-state index in [0.717, 1.165) is 6.07 Å². The van der Waals surface area contributed by atoms with Gasteiger partial charge < -0.3 is 25.2 Å². The van der Waals surface area contributed by atoms with Gasteiger partial charge in [0.25, 0.3) is 0 Å². The van der Waals surface area contributed by atoms with E-state index in [-0.39, 0.29) is 28.6 Å². The predicted octanol–water partition coefficient (Wildman–Crippen LogP) is 1.63. The van der Waals surface area contributed by atoms with Crippen molar-refractivity contribution in [1.82, 2.24) is 5.48 Å². The molecule has 3 rings (SSSR count). The molecule has 1 aliphatic heterocycles. The number of phenolic OH excluding ortho intramolecular Hbond substituents is 3. The maximum atomic E-state index is 11.7. The minimum Gasteiger partial charge on any atom is -0.508 e. The third-order valence-corrected chi connectivity index (χ3v) is 4.12. The lowest BCUT2D eigenvalue weighted by molar-refractivity contribution is -0.133. The van der Waals surface area contributed by atoms with Crippen LogP contribution in [0.4, 0.5) is 0 Å². The summed E-state index contributed by atoms with van der Waals surface area (Å²) >= 11 is 0. The number of ether oxygens (including phenoxy) is 1. The number of nitrogens with one attached hydrogen (secondary N) is 1. The lowest BCUT2D eigenvalue weighted by atomic mass is 9.85. The first-order chi connectivity index (χ1) is 12.2. The molecular weight excluding hydrogens is 342 g/mol. The van der Waals surface area contributed by atoms with Crippen molar-refractivity contribution in [2.75, 3.05) is 0 Å². The van der Waals surface area contributed by atoms with Crippen LogP contribution in [0.1, 0.15) is 23.1 Å². The summed E-state index contributed by atoms with van der Waals surface area (Å²) < 4.78 is 5.69. The molecule has 136 valence electrons. The normalized spacial score (nSPS) is 18.5. The van der Waals surface area contributed by atoms with Gasteiger partial charge in [-0.15, -0.1) is 0 Å². The molecule has 6 N–H and O–H groups in total. The van der Waals surface area contributed by atoms with E-state index in [1.165, 1.54) is 23.7 Å². The van der Waals surface area contributed by atoms with E-state index in [0.29, 0.717) is 11.1 Å². The van der Waals surface area contributed by atoms with Crippen molar-refractivity contribution in [3.63, 3.8) is 0 Å². The standard InChI is InChI=1S/C18H17NO7/c1-9-4-10(2-3-12(9)21)15-7-18(24,8-16(23)19-25)17-13(22)5-11(20)6-14(17)26-15/h2-7,20-22,24-25H,8H2,1H3,(H,19,23). The van der Waals surface area contributed by atoms with Crippen LogP contribution in [0.5, 0.6) is 23.0 Å². The topological polar surface area (TPSA) is 139 Å². The van der Waals surface area contributed by atoms with E-state index in [2.05, 4.69) is 0 Å². The molecule has 0 bridgehead atoms. The third-order valence-electron chi connectivity index (χ3n) is 4.12. The summed E-state index contributed by atoms with van der Waals surface area (Å²) in [6.45, 7) is 1.68. The predicted molar refractivity (Wildman–Crippen MR) is 89.7 cm³/mol. The number of carbonyl (C=O) groups excluding carboxylic acids is 1. The quantitative estimate of drug-likeness (QED) is 0.361. The molecule has 8 nitrogen and oxygen atoms in total. The molecule has 1 unspecified atom stereocenters. The number of amides is 1. The van der Waals surface area contributed by atoms with E-state index >= 15 is 0 Å². The van der Waals surface area contributed by atoms with Crippen LogP contribution in [0.25, 0.3) is 5.76 Å². The second-order valence-electron chi connectivity index (χ2n) is 6.09. The third kappa shape index (κ3) is 3.03. The zero-order valence-corrected chi connectivity index (χ0v) is 13.7. The molecule has 1 heterocycles. The van der Waals surface area contributed by atoms with Crippen molar-refractivity contribution >= 4 is 11.7 Å². The van der Waals surface area contributed by atoms with Crippen molar-refractivity contribution < 1.29 is 35.2 Å². The molecule has 0 fully saturated rings. The first-order valence-corrected chi connectivity index (χ1v) is 7.66. The van der Waals surface area contributed by atoms with Gasteiger partial charge in [-0.1, -0.05) is 0 Å². The number of hydrogen-bond donors (Lipinski definition) is 6. The number of benzene rings is 2. The van der Waals surface area contributed by atoms with Gasteiger partial charge in [0, 0.05) is 17.7 Å². The average molecular weight is 359 g/mol. The van der Waals surface area contributed by atoms with Crippen LogP contribution < -0.4 is 10.2 Å². The summed E-state index contributed by atoms with van der Waals surface area (Å²) in [5, 5.41) is 49.4. The van der Waals surface area contributed by atoms with Crippen LogP contribution in [0, 0.1) is 6.92 Å². The summed E-state index contributed by atoms with van der Waals surface area (Å²) in [6, 6.07) is 6.81. The zero-order valence-electron chi connectivity index (χ0n) is 13.7. The van der Waals surface area contributed by atoms with Crippen molar-refractivity contribution in [3.8, 4) is 23.0 Å². The molecule has 26 heavy (non-hydrogen) atoms. The summed E-state index contributed by atoms with van der Waals surface area (Å²) in [5.74, 6) is -1.46. The molecule has 2 aromatic carbocycles. The number of aliphatic hydroxyl groups is 1. The monoisotopic (exact) mass is 359 g/mol. The molecule has 8 heteroatoms. The first kappa shape index (κ1) is 17.6. The van der Waals surface area contributed by atoms with Crippen LogP contribution in [0.2, 0.25) is 0 Å². The number of aryl methyl sites for hydroxylation is 1. The fraction of sp³-hybridized carbons (Fsp3) is 0.167. The number of hydrogen-bond acceptors (Lipinski definition) is 7. The Morgan fingerprint density at radius 3 is 2.54 bits per heavy atom. The minimum absolute atomic E-state index is 0.0426.